The van der Waals surface area contributed by atoms with Crippen LogP contribution in [-0.4, -0.2) is 65.1 Å². The van der Waals surface area contributed by atoms with E-state index in [9.17, 15) is 14.7 Å². The highest BCUT2D eigenvalue weighted by Crippen LogP contribution is 2.67. The van der Waals surface area contributed by atoms with Crippen LogP contribution in [0.3, 0.4) is 0 Å². The van der Waals surface area contributed by atoms with Crippen molar-refractivity contribution in [2.75, 3.05) is 31.1 Å². The first-order valence-electron chi connectivity index (χ1n) is 13.3. The Hall–Kier alpha value is -0.850. The Balaban J connectivity index is 1.88. The van der Waals surface area contributed by atoms with Gasteiger partial charge in [0.2, 0.25) is 0 Å². The number of hydrogen-bond donors (Lipinski definition) is 1. The average Bonchev–Trinajstić information content (AvgIpc) is 3.17. The number of rotatable bonds is 9. The summed E-state index contributed by atoms with van der Waals surface area (Å²) in [7, 11) is 0. The van der Waals surface area contributed by atoms with E-state index in [1.54, 1.807) is 11.8 Å². The van der Waals surface area contributed by atoms with E-state index in [1.807, 2.05) is 13.0 Å². The van der Waals surface area contributed by atoms with Crippen LogP contribution in [-0.2, 0) is 14.3 Å². The number of esters is 1. The lowest BCUT2D eigenvalue weighted by molar-refractivity contribution is -0.205. The fourth-order valence-electron chi connectivity index (χ4n) is 7.58. The fraction of sp³-hybridized carbons (Fsp3) is 0.857. The number of thioether (sulfide) groups is 1. The maximum atomic E-state index is 13.4. The number of hydrogen-bond acceptors (Lipinski definition) is 6. The molecular formula is C28H47NO4S. The van der Waals surface area contributed by atoms with E-state index in [2.05, 4.69) is 46.1 Å². The standard InChI is InChI=1S/C28H47NO4S/c1-8-26(6)17-22(33-23(31)18-34-16-15-29(9-2)10-3)27(7)19(4)11-13-28(20(5)25(26)32)14-12-21(30)24(27)28/h8,19-20,22,24-25,32H,1,9-18H2,2-7H3/t19-,20+,22-,24+,25+,26-,27+,28+/m1/s1/i2+1,3+1,9+1,10+1. The van der Waals surface area contributed by atoms with Gasteiger partial charge in [0.15, 0.2) is 0 Å². The van der Waals surface area contributed by atoms with E-state index in [-0.39, 0.29) is 29.1 Å². The molecule has 34 heavy (non-hydrogen) atoms. The van der Waals surface area contributed by atoms with Gasteiger partial charge in [-0.25, -0.2) is 0 Å². The first-order chi connectivity index (χ1) is 16.0. The summed E-state index contributed by atoms with van der Waals surface area (Å²) in [5.41, 5.74) is -1.25. The van der Waals surface area contributed by atoms with E-state index >= 15 is 0 Å². The maximum Gasteiger partial charge on any atom is 0.316 e. The van der Waals surface area contributed by atoms with Crippen molar-refractivity contribution in [3.8, 4) is 0 Å². The van der Waals surface area contributed by atoms with E-state index in [4.69, 9.17) is 4.74 Å². The molecule has 1 N–H and O–H groups in total. The molecule has 0 aromatic heterocycles. The van der Waals surface area contributed by atoms with E-state index in [0.29, 0.717) is 24.4 Å². The highest BCUT2D eigenvalue weighted by atomic mass is 32.2. The van der Waals surface area contributed by atoms with Crippen LogP contribution >= 0.6 is 11.8 Å². The molecule has 3 aliphatic rings. The molecule has 2 bridgehead atoms. The second-order valence-corrected chi connectivity index (χ2v) is 12.7. The van der Waals surface area contributed by atoms with Crippen molar-refractivity contribution in [2.45, 2.75) is 85.9 Å². The third kappa shape index (κ3) is 4.64. The van der Waals surface area contributed by atoms with Gasteiger partial charge >= 0.3 is 5.97 Å². The number of aliphatic hydroxyl groups excluding tert-OH is 1. The molecule has 0 aromatic carbocycles. The summed E-state index contributed by atoms with van der Waals surface area (Å²) in [6, 6.07) is 0. The summed E-state index contributed by atoms with van der Waals surface area (Å²) in [6.45, 7) is 20.0. The number of Topliss-reactive ketones (excluding diaryl/α,β-unsaturated/α-hetero) is 1. The molecule has 3 saturated carbocycles. The molecule has 8 atom stereocenters. The van der Waals surface area contributed by atoms with Crippen LogP contribution in [0.2, 0.25) is 0 Å². The summed E-state index contributed by atoms with van der Waals surface area (Å²) < 4.78 is 6.30. The topological polar surface area (TPSA) is 66.8 Å². The summed E-state index contributed by atoms with van der Waals surface area (Å²) >= 11 is 1.61. The minimum Gasteiger partial charge on any atom is -0.461 e. The van der Waals surface area contributed by atoms with E-state index in [1.165, 1.54) is 0 Å². The molecule has 0 saturated heterocycles. The van der Waals surface area contributed by atoms with Crippen molar-refractivity contribution in [1.29, 1.82) is 0 Å². The molecule has 0 radical (unpaired) electrons. The zero-order chi connectivity index (χ0) is 25.3. The molecule has 6 heteroatoms. The highest BCUT2D eigenvalue weighted by molar-refractivity contribution is 7.99. The Morgan fingerprint density at radius 1 is 1.26 bits per heavy atom. The van der Waals surface area contributed by atoms with Gasteiger partial charge in [-0.3, -0.25) is 9.59 Å². The molecule has 3 fully saturated rings. The molecule has 3 rings (SSSR count). The zero-order valence-corrected chi connectivity index (χ0v) is 23.1. The molecule has 0 spiro atoms. The van der Waals surface area contributed by atoms with Crippen molar-refractivity contribution in [3.05, 3.63) is 12.7 Å². The van der Waals surface area contributed by atoms with Crippen LogP contribution in [0.15, 0.2) is 12.7 Å². The lowest BCUT2D eigenvalue weighted by Crippen LogP contribution is -2.63. The quantitative estimate of drug-likeness (QED) is 0.210. The predicted molar refractivity (Wildman–Crippen MR) is 140 cm³/mol. The molecule has 5 nitrogen and oxygen atoms in total. The van der Waals surface area contributed by atoms with E-state index in [0.717, 1.165) is 44.6 Å². The van der Waals surface area contributed by atoms with Crippen molar-refractivity contribution in [2.24, 2.45) is 34.0 Å². The first kappa shape index (κ1) is 27.7. The molecule has 0 aromatic rings. The molecule has 0 heterocycles. The highest BCUT2D eigenvalue weighted by Gasteiger charge is 2.68. The van der Waals surface area contributed by atoms with Gasteiger partial charge in [-0.05, 0) is 56.0 Å². The van der Waals surface area contributed by atoms with Crippen LogP contribution in [0.25, 0.3) is 0 Å². The van der Waals surface area contributed by atoms with Gasteiger partial charge in [0, 0.05) is 35.5 Å². The molecule has 3 aliphatic carbocycles. The normalized spacial score (nSPS) is 42.1. The molecule has 194 valence electrons. The Labute approximate surface area is 211 Å². The van der Waals surface area contributed by atoms with Crippen molar-refractivity contribution in [1.82, 2.24) is 4.90 Å². The van der Waals surface area contributed by atoms with Gasteiger partial charge in [-0.15, -0.1) is 18.3 Å². The Morgan fingerprint density at radius 3 is 2.56 bits per heavy atom. The summed E-state index contributed by atoms with van der Waals surface area (Å²) in [5, 5.41) is 11.6. The number of ketones is 1. The summed E-state index contributed by atoms with van der Waals surface area (Å²) in [5.74, 6) is 1.37. The molecular weight excluding hydrogens is 450 g/mol. The number of nitrogens with zero attached hydrogens (tertiary/aromatic N) is 1. The van der Waals surface area contributed by atoms with Gasteiger partial charge < -0.3 is 14.7 Å². The second kappa shape index (κ2) is 10.6. The average molecular weight is 498 g/mol. The lowest BCUT2D eigenvalue weighted by atomic mass is 9.44. The number of aliphatic hydroxyl groups is 1. The smallest absolute Gasteiger partial charge is 0.316 e. The van der Waals surface area contributed by atoms with Crippen LogP contribution in [0.1, 0.15) is 73.6 Å². The maximum absolute atomic E-state index is 13.4. The largest absolute Gasteiger partial charge is 0.461 e. The van der Waals surface area contributed by atoms with Gasteiger partial charge in [-0.1, -0.05) is 47.6 Å². The Kier molecular flexibility index (Phi) is 8.68. The Morgan fingerprint density at radius 2 is 1.94 bits per heavy atom. The monoisotopic (exact) mass is 497 g/mol. The molecule has 0 amide bonds. The van der Waals surface area contributed by atoms with Gasteiger partial charge in [0.1, 0.15) is 11.9 Å². The van der Waals surface area contributed by atoms with Gasteiger partial charge in [-0.2, -0.15) is 0 Å². The van der Waals surface area contributed by atoms with Crippen molar-refractivity contribution in [3.63, 3.8) is 0 Å². The minimum absolute atomic E-state index is 0.00828. The lowest BCUT2D eigenvalue weighted by Gasteiger charge is -2.61. The second-order valence-electron chi connectivity index (χ2n) is 11.6. The third-order valence-corrected chi connectivity index (χ3v) is 11.2. The molecule has 0 unspecified atom stereocenters. The predicted octanol–water partition coefficient (Wildman–Crippen LogP) is 4.97. The minimum atomic E-state index is -0.624. The number of ether oxygens (including phenoxy) is 1. The molecule has 0 aliphatic heterocycles. The van der Waals surface area contributed by atoms with Crippen LogP contribution in [0.5, 0.6) is 0 Å². The number of carbonyl (C=O) groups excluding carboxylic acids is 2. The Bertz CT molecular complexity index is 770. The van der Waals surface area contributed by atoms with Crippen molar-refractivity contribution >= 4 is 23.5 Å². The van der Waals surface area contributed by atoms with Gasteiger partial charge in [0.05, 0.1) is 11.9 Å². The zero-order valence-electron chi connectivity index (χ0n) is 22.3. The third-order valence-electron chi connectivity index (χ3n) is 10.2. The number of carbonyl (C=O) groups is 2. The van der Waals surface area contributed by atoms with Crippen molar-refractivity contribution < 1.29 is 19.4 Å². The fourth-order valence-corrected chi connectivity index (χ4v) is 8.35. The SMILES string of the molecule is C=C[C@]1(C)C[C@@H](OC(=O)CSCCN([13CH2][13CH3])[13CH2][13CH3])[C@]2(C)[C@H](C)CC[C@]3(CCC(=O)[C@H]32)[C@@H](C)[C@@H]1O. The van der Waals surface area contributed by atoms with E-state index < -0.39 is 23.0 Å². The van der Waals surface area contributed by atoms with Gasteiger partial charge in [0.25, 0.3) is 0 Å². The summed E-state index contributed by atoms with van der Waals surface area (Å²) in [6.07, 6.45) is 4.64. The summed E-state index contributed by atoms with van der Waals surface area (Å²) in [4.78, 5) is 28.9. The van der Waals surface area contributed by atoms with Crippen LogP contribution in [0.4, 0.5) is 0 Å². The first-order valence-corrected chi connectivity index (χ1v) is 14.5. The van der Waals surface area contributed by atoms with Crippen LogP contribution < -0.4 is 0 Å². The van der Waals surface area contributed by atoms with Crippen LogP contribution in [0, 0.1) is 34.0 Å².